The van der Waals surface area contributed by atoms with Gasteiger partial charge >= 0.3 is 6.80 Å². The maximum Gasteiger partial charge on any atom is 0.420 e. The summed E-state index contributed by atoms with van der Waals surface area (Å²) in [6.45, 7) is 0.393. The smallest absolute Gasteiger partial charge is 0.299 e. The predicted molar refractivity (Wildman–Crippen MR) is 60.0 cm³/mol. The Hall–Kier alpha value is -0.320. The fraction of sp³-hybridized carbons (Fsp3) is 0.333. The second-order valence-electron chi connectivity index (χ2n) is 2.85. The van der Waals surface area contributed by atoms with E-state index in [1.807, 2.05) is 19.1 Å². The van der Waals surface area contributed by atoms with Gasteiger partial charge in [-0.15, -0.1) is 4.67 Å². The number of hydrogen-bond donors (Lipinski definition) is 1. The lowest BCUT2D eigenvalue weighted by molar-refractivity contribution is -0.144. The van der Waals surface area contributed by atoms with Crippen molar-refractivity contribution >= 4 is 18.2 Å². The lowest BCUT2D eigenvalue weighted by Crippen LogP contribution is -1.88. The van der Waals surface area contributed by atoms with E-state index >= 15 is 0 Å². The van der Waals surface area contributed by atoms with Crippen LogP contribution in [0.2, 0.25) is 0 Å². The van der Waals surface area contributed by atoms with Gasteiger partial charge in [0.1, 0.15) is 0 Å². The first kappa shape index (κ1) is 12.7. The fourth-order valence-corrected chi connectivity index (χ4v) is 3.63. The molecular weight excluding hydrogens is 235 g/mol. The van der Waals surface area contributed by atoms with Crippen molar-refractivity contribution in [3.63, 3.8) is 0 Å². The van der Waals surface area contributed by atoms with Crippen molar-refractivity contribution < 1.29 is 19.0 Å². The highest BCUT2D eigenvalue weighted by Gasteiger charge is 2.26. The fourth-order valence-electron chi connectivity index (χ4n) is 0.953. The van der Waals surface area contributed by atoms with Gasteiger partial charge in [-0.1, -0.05) is 17.7 Å². The Morgan fingerprint density at radius 3 is 2.47 bits per heavy atom. The van der Waals surface area contributed by atoms with Crippen LogP contribution in [0.4, 0.5) is 0 Å². The predicted octanol–water partition coefficient (Wildman–Crippen LogP) is 3.72. The SMILES string of the molecule is CCOP(=O)(OO)Sc1ccc(C)cc1. The minimum atomic E-state index is -3.47. The summed E-state index contributed by atoms with van der Waals surface area (Å²) in [5.74, 6) is 0. The highest BCUT2D eigenvalue weighted by molar-refractivity contribution is 8.55. The summed E-state index contributed by atoms with van der Waals surface area (Å²) in [5, 5.41) is 8.52. The maximum atomic E-state index is 11.7. The van der Waals surface area contributed by atoms with E-state index in [2.05, 4.69) is 4.67 Å². The van der Waals surface area contributed by atoms with Crippen molar-refractivity contribution in [2.45, 2.75) is 18.7 Å². The lowest BCUT2D eigenvalue weighted by atomic mass is 10.2. The number of rotatable bonds is 5. The first-order valence-corrected chi connectivity index (χ1v) is 7.40. The summed E-state index contributed by atoms with van der Waals surface area (Å²) >= 11 is 0.885. The van der Waals surface area contributed by atoms with Crippen molar-refractivity contribution in [3.05, 3.63) is 29.8 Å². The van der Waals surface area contributed by atoms with Crippen molar-refractivity contribution in [1.82, 2.24) is 0 Å². The molecular formula is C9H13O4PS. The molecule has 15 heavy (non-hydrogen) atoms. The highest BCUT2D eigenvalue weighted by atomic mass is 32.7. The van der Waals surface area contributed by atoms with E-state index in [-0.39, 0.29) is 6.61 Å². The van der Waals surface area contributed by atoms with Gasteiger partial charge in [-0.05, 0) is 37.4 Å². The van der Waals surface area contributed by atoms with Gasteiger partial charge in [-0.2, -0.15) is 0 Å². The Kier molecular flexibility index (Phi) is 4.83. The summed E-state index contributed by atoms with van der Waals surface area (Å²) in [6.07, 6.45) is 0. The van der Waals surface area contributed by atoms with Crippen LogP contribution in [-0.2, 0) is 13.8 Å². The normalized spacial score (nSPS) is 14.9. The first-order chi connectivity index (χ1) is 7.09. The quantitative estimate of drug-likeness (QED) is 0.489. The molecule has 0 saturated carbocycles. The summed E-state index contributed by atoms with van der Waals surface area (Å²) in [4.78, 5) is 0.728. The molecule has 0 aliphatic rings. The van der Waals surface area contributed by atoms with Crippen LogP contribution in [0.15, 0.2) is 29.2 Å². The summed E-state index contributed by atoms with van der Waals surface area (Å²) in [6, 6.07) is 7.36. The molecule has 0 radical (unpaired) electrons. The Morgan fingerprint density at radius 1 is 1.40 bits per heavy atom. The molecule has 0 heterocycles. The largest absolute Gasteiger partial charge is 0.420 e. The van der Waals surface area contributed by atoms with Gasteiger partial charge in [0.15, 0.2) is 0 Å². The average Bonchev–Trinajstić information content (AvgIpc) is 2.22. The molecule has 0 saturated heterocycles. The number of aryl methyl sites for hydroxylation is 1. The molecule has 0 aliphatic carbocycles. The zero-order chi connectivity index (χ0) is 11.3. The van der Waals surface area contributed by atoms with Gasteiger partial charge in [0.2, 0.25) is 0 Å². The summed E-state index contributed by atoms with van der Waals surface area (Å²) in [5.41, 5.74) is 1.11. The molecule has 0 fully saturated rings. The second-order valence-corrected chi connectivity index (χ2v) is 6.71. The van der Waals surface area contributed by atoms with Crippen LogP contribution in [0.25, 0.3) is 0 Å². The molecule has 0 aliphatic heterocycles. The Morgan fingerprint density at radius 2 is 2.00 bits per heavy atom. The van der Waals surface area contributed by atoms with E-state index in [1.54, 1.807) is 19.1 Å². The second kappa shape index (κ2) is 5.68. The van der Waals surface area contributed by atoms with Crippen molar-refractivity contribution in [1.29, 1.82) is 0 Å². The third-order valence-corrected chi connectivity index (χ3v) is 4.93. The maximum absolute atomic E-state index is 11.7. The van der Waals surface area contributed by atoms with Crippen LogP contribution in [0.1, 0.15) is 12.5 Å². The molecule has 1 aromatic rings. The Balaban J connectivity index is 2.75. The average molecular weight is 248 g/mol. The molecule has 1 unspecified atom stereocenters. The van der Waals surface area contributed by atoms with Crippen molar-refractivity contribution in [3.8, 4) is 0 Å². The van der Waals surface area contributed by atoms with Crippen LogP contribution in [0.3, 0.4) is 0 Å². The number of benzene rings is 1. The van der Waals surface area contributed by atoms with Gasteiger partial charge in [-0.25, -0.2) is 9.82 Å². The highest BCUT2D eigenvalue weighted by Crippen LogP contribution is 2.62. The topological polar surface area (TPSA) is 55.8 Å². The standard InChI is InChI=1S/C9H13O4PS/c1-3-12-14(11,13-10)15-9-6-4-8(2)5-7-9/h4-7,10H,3H2,1-2H3. The van der Waals surface area contributed by atoms with Gasteiger partial charge in [0.05, 0.1) is 6.61 Å². The minimum absolute atomic E-state index is 0.219. The van der Waals surface area contributed by atoms with Gasteiger partial charge in [0, 0.05) is 4.90 Å². The molecule has 0 bridgehead atoms. The van der Waals surface area contributed by atoms with E-state index in [4.69, 9.17) is 9.78 Å². The van der Waals surface area contributed by atoms with E-state index in [0.29, 0.717) is 0 Å². The van der Waals surface area contributed by atoms with E-state index < -0.39 is 6.80 Å². The molecule has 0 spiro atoms. The van der Waals surface area contributed by atoms with Crippen molar-refractivity contribution in [2.75, 3.05) is 6.61 Å². The van der Waals surface area contributed by atoms with Crippen LogP contribution in [-0.4, -0.2) is 11.9 Å². The van der Waals surface area contributed by atoms with Crippen LogP contribution >= 0.6 is 18.2 Å². The Labute approximate surface area is 92.8 Å². The molecule has 0 amide bonds. The van der Waals surface area contributed by atoms with E-state index in [1.165, 1.54) is 0 Å². The molecule has 0 aromatic heterocycles. The number of hydrogen-bond acceptors (Lipinski definition) is 5. The zero-order valence-corrected chi connectivity index (χ0v) is 10.3. The first-order valence-electron chi connectivity index (χ1n) is 4.43. The van der Waals surface area contributed by atoms with Crippen LogP contribution in [0, 0.1) is 6.92 Å². The molecule has 84 valence electrons. The van der Waals surface area contributed by atoms with Gasteiger partial charge < -0.3 is 0 Å². The van der Waals surface area contributed by atoms with Gasteiger partial charge in [-0.3, -0.25) is 4.52 Å². The third kappa shape index (κ3) is 3.97. The molecule has 1 rings (SSSR count). The lowest BCUT2D eigenvalue weighted by Gasteiger charge is -2.11. The summed E-state index contributed by atoms with van der Waals surface area (Å²) in [7, 11) is 0. The Bertz CT molecular complexity index is 352. The van der Waals surface area contributed by atoms with Crippen LogP contribution < -0.4 is 0 Å². The molecule has 6 heteroatoms. The molecule has 4 nitrogen and oxygen atoms in total. The molecule has 1 aromatic carbocycles. The minimum Gasteiger partial charge on any atom is -0.299 e. The monoisotopic (exact) mass is 248 g/mol. The summed E-state index contributed by atoms with van der Waals surface area (Å²) < 4.78 is 20.5. The van der Waals surface area contributed by atoms with Crippen molar-refractivity contribution in [2.24, 2.45) is 0 Å². The van der Waals surface area contributed by atoms with E-state index in [9.17, 15) is 4.57 Å². The van der Waals surface area contributed by atoms with E-state index in [0.717, 1.165) is 21.8 Å². The molecule has 1 N–H and O–H groups in total. The molecule has 1 atom stereocenters. The third-order valence-electron chi connectivity index (χ3n) is 1.63. The van der Waals surface area contributed by atoms with Gasteiger partial charge in [0.25, 0.3) is 0 Å². The zero-order valence-electron chi connectivity index (χ0n) is 8.54. The van der Waals surface area contributed by atoms with Crippen LogP contribution in [0.5, 0.6) is 0 Å².